The van der Waals surface area contributed by atoms with Crippen molar-refractivity contribution in [2.24, 2.45) is 0 Å². The van der Waals surface area contributed by atoms with E-state index >= 15 is 0 Å². The molecule has 0 aliphatic rings. The van der Waals surface area contributed by atoms with E-state index in [9.17, 15) is 0 Å². The number of aromatic nitrogens is 3. The third-order valence-corrected chi connectivity index (χ3v) is 9.29. The topological polar surface area (TPSA) is 34.0 Å². The molecule has 2 heterocycles. The van der Waals surface area contributed by atoms with Gasteiger partial charge < -0.3 is 9.47 Å². The van der Waals surface area contributed by atoms with Gasteiger partial charge in [-0.2, -0.15) is 0 Å². The highest BCUT2D eigenvalue weighted by molar-refractivity contribution is 6.10. The van der Waals surface area contributed by atoms with E-state index in [0.29, 0.717) is 0 Å². The third-order valence-electron chi connectivity index (χ3n) is 9.29. The van der Waals surface area contributed by atoms with Crippen LogP contribution in [0, 0.1) is 6.92 Å². The van der Waals surface area contributed by atoms with Gasteiger partial charge in [0.15, 0.2) is 0 Å². The summed E-state index contributed by atoms with van der Waals surface area (Å²) in [6.07, 6.45) is 0. The Bertz CT molecular complexity index is 2590. The lowest BCUT2D eigenvalue weighted by Gasteiger charge is -2.26. The van der Waals surface area contributed by atoms with Gasteiger partial charge in [0.25, 0.3) is 0 Å². The Morgan fingerprint density at radius 1 is 0.449 bits per heavy atom. The molecule has 4 nitrogen and oxygen atoms in total. The maximum absolute atomic E-state index is 5.22. The molecule has 0 bridgehead atoms. The molecule has 0 fully saturated rings. The molecule has 7 aromatic carbocycles. The van der Waals surface area contributed by atoms with Crippen LogP contribution in [0.5, 0.6) is 0 Å². The summed E-state index contributed by atoms with van der Waals surface area (Å²) in [5, 5.41) is 2.44. The molecule has 0 aliphatic heterocycles. The molecule has 232 valence electrons. The second-order valence-electron chi connectivity index (χ2n) is 12.3. The summed E-state index contributed by atoms with van der Waals surface area (Å²) in [6, 6.07) is 61.9. The van der Waals surface area contributed by atoms with Crippen LogP contribution < -0.4 is 4.90 Å². The highest BCUT2D eigenvalue weighted by atomic mass is 15.1. The Morgan fingerprint density at radius 3 is 1.82 bits per heavy atom. The Hall–Kier alpha value is -6.52. The third kappa shape index (κ3) is 5.02. The molecule has 4 heteroatoms. The zero-order chi connectivity index (χ0) is 32.7. The Balaban J connectivity index is 1.20. The SMILES string of the molecule is Cc1cccc2nc(-c3ccccc3)c(-c3ccc(N(c4ccccc4)c4ccc5c(c4)c4ccccc4n5-c4ccccc4)cc3)nc12. The first-order valence-electron chi connectivity index (χ1n) is 16.6. The molecule has 49 heavy (non-hydrogen) atoms. The van der Waals surface area contributed by atoms with Gasteiger partial charge in [-0.25, -0.2) is 9.97 Å². The van der Waals surface area contributed by atoms with E-state index in [1.807, 2.05) is 18.2 Å². The van der Waals surface area contributed by atoms with Gasteiger partial charge in [-0.3, -0.25) is 0 Å². The Labute approximate surface area is 285 Å². The lowest BCUT2D eigenvalue weighted by atomic mass is 10.0. The summed E-state index contributed by atoms with van der Waals surface area (Å²) in [7, 11) is 0. The molecule has 0 amide bonds. The molecule has 0 radical (unpaired) electrons. The smallest absolute Gasteiger partial charge is 0.0973 e. The molecule has 2 aromatic heterocycles. The van der Waals surface area contributed by atoms with Crippen molar-refractivity contribution < 1.29 is 0 Å². The summed E-state index contributed by atoms with van der Waals surface area (Å²) in [5.74, 6) is 0. The van der Waals surface area contributed by atoms with Gasteiger partial charge in [0.2, 0.25) is 0 Å². The van der Waals surface area contributed by atoms with E-state index < -0.39 is 0 Å². The van der Waals surface area contributed by atoms with Crippen LogP contribution in [0.1, 0.15) is 5.56 Å². The van der Waals surface area contributed by atoms with Gasteiger partial charge in [-0.15, -0.1) is 0 Å². The van der Waals surface area contributed by atoms with E-state index in [1.54, 1.807) is 0 Å². The fraction of sp³-hybridized carbons (Fsp3) is 0.0222. The second-order valence-corrected chi connectivity index (χ2v) is 12.3. The predicted octanol–water partition coefficient (Wildman–Crippen LogP) is 11.8. The Morgan fingerprint density at radius 2 is 1.04 bits per heavy atom. The van der Waals surface area contributed by atoms with Gasteiger partial charge >= 0.3 is 0 Å². The fourth-order valence-electron chi connectivity index (χ4n) is 6.96. The molecule has 9 rings (SSSR count). The van der Waals surface area contributed by atoms with Crippen LogP contribution in [0.25, 0.3) is 61.0 Å². The van der Waals surface area contributed by atoms with Crippen LogP contribution in [0.15, 0.2) is 176 Å². The van der Waals surface area contributed by atoms with Gasteiger partial charge in [0, 0.05) is 44.6 Å². The lowest BCUT2D eigenvalue weighted by molar-refractivity contribution is 1.18. The first-order valence-corrected chi connectivity index (χ1v) is 16.6. The number of aryl methyl sites for hydroxylation is 1. The molecule has 0 spiro atoms. The van der Waals surface area contributed by atoms with Crippen molar-refractivity contribution >= 4 is 49.9 Å². The van der Waals surface area contributed by atoms with Crippen LogP contribution in [0.4, 0.5) is 17.1 Å². The van der Waals surface area contributed by atoms with Gasteiger partial charge in [0.05, 0.1) is 33.5 Å². The predicted molar refractivity (Wildman–Crippen MR) is 204 cm³/mol. The molecule has 9 aromatic rings. The number of hydrogen-bond acceptors (Lipinski definition) is 3. The highest BCUT2D eigenvalue weighted by Crippen LogP contribution is 2.40. The molecule has 0 saturated heterocycles. The van der Waals surface area contributed by atoms with E-state index in [-0.39, 0.29) is 0 Å². The van der Waals surface area contributed by atoms with Crippen LogP contribution in [-0.2, 0) is 0 Å². The normalized spacial score (nSPS) is 11.4. The van der Waals surface area contributed by atoms with E-state index in [2.05, 4.69) is 174 Å². The van der Waals surface area contributed by atoms with Gasteiger partial charge in [-0.1, -0.05) is 109 Å². The fourth-order valence-corrected chi connectivity index (χ4v) is 6.96. The second kappa shape index (κ2) is 11.9. The number of fused-ring (bicyclic) bond motifs is 4. The highest BCUT2D eigenvalue weighted by Gasteiger charge is 2.19. The summed E-state index contributed by atoms with van der Waals surface area (Å²) in [5.41, 5.74) is 13.5. The van der Waals surface area contributed by atoms with Crippen molar-refractivity contribution in [3.63, 3.8) is 0 Å². The van der Waals surface area contributed by atoms with Crippen LogP contribution in [0.3, 0.4) is 0 Å². The summed E-state index contributed by atoms with van der Waals surface area (Å²) < 4.78 is 2.35. The number of para-hydroxylation sites is 4. The van der Waals surface area contributed by atoms with Gasteiger partial charge in [-0.05, 0) is 79.2 Å². The first-order chi connectivity index (χ1) is 24.2. The molecule has 0 unspecified atom stereocenters. The zero-order valence-corrected chi connectivity index (χ0v) is 27.0. The van der Waals surface area contributed by atoms with Crippen molar-refractivity contribution in [1.29, 1.82) is 0 Å². The summed E-state index contributed by atoms with van der Waals surface area (Å²) in [6.45, 7) is 2.10. The average Bonchev–Trinajstić information content (AvgIpc) is 3.50. The standard InChI is InChI=1S/C45H32N4/c1-31-14-13-22-40-43(31)47-45(44(46-40)32-15-5-2-6-16-32)33-24-26-36(27-25-33)48(34-17-7-3-8-18-34)37-28-29-42-39(30-37)38-21-11-12-23-41(38)49(42)35-19-9-4-10-20-35/h2-30H,1H3. The minimum Gasteiger partial charge on any atom is -0.310 e. The molecule has 0 atom stereocenters. The van der Waals surface area contributed by atoms with E-state index in [1.165, 1.54) is 21.8 Å². The van der Waals surface area contributed by atoms with Crippen molar-refractivity contribution in [2.45, 2.75) is 6.92 Å². The monoisotopic (exact) mass is 628 g/mol. The molecule has 0 saturated carbocycles. The van der Waals surface area contributed by atoms with Gasteiger partial charge in [0.1, 0.15) is 0 Å². The Kier molecular flexibility index (Phi) is 6.98. The van der Waals surface area contributed by atoms with Crippen molar-refractivity contribution in [2.75, 3.05) is 4.90 Å². The minimum atomic E-state index is 0.876. The largest absolute Gasteiger partial charge is 0.310 e. The first kappa shape index (κ1) is 28.7. The number of benzene rings is 7. The van der Waals surface area contributed by atoms with E-state index in [0.717, 1.165) is 61.9 Å². The maximum Gasteiger partial charge on any atom is 0.0973 e. The van der Waals surface area contributed by atoms with Crippen LogP contribution >= 0.6 is 0 Å². The van der Waals surface area contributed by atoms with Crippen LogP contribution in [-0.4, -0.2) is 14.5 Å². The lowest BCUT2D eigenvalue weighted by Crippen LogP contribution is -2.09. The van der Waals surface area contributed by atoms with Crippen molar-refractivity contribution in [3.8, 4) is 28.2 Å². The van der Waals surface area contributed by atoms with Crippen molar-refractivity contribution in [3.05, 3.63) is 181 Å². The summed E-state index contributed by atoms with van der Waals surface area (Å²) >= 11 is 0. The number of anilines is 3. The molecular weight excluding hydrogens is 597 g/mol. The zero-order valence-electron chi connectivity index (χ0n) is 27.0. The molecule has 0 N–H and O–H groups in total. The maximum atomic E-state index is 5.22. The average molecular weight is 629 g/mol. The minimum absolute atomic E-state index is 0.876. The summed E-state index contributed by atoms with van der Waals surface area (Å²) in [4.78, 5) is 12.7. The number of rotatable bonds is 6. The number of hydrogen-bond donors (Lipinski definition) is 0. The quantitative estimate of drug-likeness (QED) is 0.184. The number of nitrogens with zero attached hydrogens (tertiary/aromatic N) is 4. The van der Waals surface area contributed by atoms with E-state index in [4.69, 9.17) is 9.97 Å². The molecule has 0 aliphatic carbocycles. The van der Waals surface area contributed by atoms with Crippen molar-refractivity contribution in [1.82, 2.24) is 14.5 Å². The van der Waals surface area contributed by atoms with Crippen LogP contribution in [0.2, 0.25) is 0 Å². The molecular formula is C45H32N4.